The van der Waals surface area contributed by atoms with Gasteiger partial charge < -0.3 is 10.4 Å². The van der Waals surface area contributed by atoms with Gasteiger partial charge in [-0.15, -0.1) is 0 Å². The Kier molecular flexibility index (Phi) is 5.45. The second kappa shape index (κ2) is 6.62. The molecule has 0 bridgehead atoms. The Hall–Kier alpha value is -1.06. The lowest BCUT2D eigenvalue weighted by Gasteiger charge is -2.34. The van der Waals surface area contributed by atoms with Crippen LogP contribution in [-0.2, 0) is 9.59 Å². The van der Waals surface area contributed by atoms with Crippen molar-refractivity contribution in [2.45, 2.75) is 58.4 Å². The molecule has 17 heavy (non-hydrogen) atoms. The second-order valence-electron chi connectivity index (χ2n) is 5.19. The van der Waals surface area contributed by atoms with Crippen molar-refractivity contribution in [2.24, 2.45) is 11.8 Å². The van der Waals surface area contributed by atoms with Gasteiger partial charge in [0.1, 0.15) is 0 Å². The Morgan fingerprint density at radius 3 is 2.59 bits per heavy atom. The van der Waals surface area contributed by atoms with E-state index in [-0.39, 0.29) is 18.4 Å². The third kappa shape index (κ3) is 4.75. The first-order valence-electron chi connectivity index (χ1n) is 6.52. The van der Waals surface area contributed by atoms with Crippen LogP contribution in [0.2, 0.25) is 0 Å². The number of carboxylic acid groups (broad SMARTS) is 1. The van der Waals surface area contributed by atoms with Gasteiger partial charge in [-0.05, 0) is 24.7 Å². The van der Waals surface area contributed by atoms with Crippen molar-refractivity contribution in [1.82, 2.24) is 5.32 Å². The van der Waals surface area contributed by atoms with Crippen LogP contribution in [0.15, 0.2) is 0 Å². The van der Waals surface area contributed by atoms with Crippen LogP contribution >= 0.6 is 0 Å². The van der Waals surface area contributed by atoms with Crippen molar-refractivity contribution in [3.8, 4) is 0 Å². The quantitative estimate of drug-likeness (QED) is 0.775. The van der Waals surface area contributed by atoms with E-state index in [2.05, 4.69) is 19.2 Å². The van der Waals surface area contributed by atoms with E-state index in [0.29, 0.717) is 24.7 Å². The lowest BCUT2D eigenvalue weighted by molar-refractivity contribution is -0.137. The third-order valence-corrected chi connectivity index (χ3v) is 3.85. The van der Waals surface area contributed by atoms with Gasteiger partial charge in [0, 0.05) is 18.9 Å². The standard InChI is InChI=1S/C13H23NO3/c1-9-5-3-6-11(10(9)2)14-12(15)7-4-8-13(16)17/h9-11H,3-8H2,1-2H3,(H,14,15)(H,16,17). The Bertz CT molecular complexity index is 278. The maximum Gasteiger partial charge on any atom is 0.303 e. The van der Waals surface area contributed by atoms with Crippen molar-refractivity contribution in [2.75, 3.05) is 0 Å². The normalized spacial score (nSPS) is 28.7. The number of nitrogens with one attached hydrogen (secondary N) is 1. The number of hydrogen-bond acceptors (Lipinski definition) is 2. The minimum absolute atomic E-state index is 0.00259. The van der Waals surface area contributed by atoms with Crippen LogP contribution in [0, 0.1) is 11.8 Å². The molecule has 1 aliphatic carbocycles. The monoisotopic (exact) mass is 241 g/mol. The van der Waals surface area contributed by atoms with Gasteiger partial charge >= 0.3 is 5.97 Å². The predicted molar refractivity (Wildman–Crippen MR) is 65.6 cm³/mol. The summed E-state index contributed by atoms with van der Waals surface area (Å²) >= 11 is 0. The summed E-state index contributed by atoms with van der Waals surface area (Å²) < 4.78 is 0. The van der Waals surface area contributed by atoms with Crippen LogP contribution in [0.5, 0.6) is 0 Å². The summed E-state index contributed by atoms with van der Waals surface area (Å²) in [5, 5.41) is 11.5. The van der Waals surface area contributed by atoms with Crippen molar-refractivity contribution >= 4 is 11.9 Å². The van der Waals surface area contributed by atoms with E-state index in [1.165, 1.54) is 12.8 Å². The molecule has 1 aliphatic rings. The van der Waals surface area contributed by atoms with Gasteiger partial charge in [0.25, 0.3) is 0 Å². The maximum absolute atomic E-state index is 11.6. The lowest BCUT2D eigenvalue weighted by atomic mass is 9.78. The van der Waals surface area contributed by atoms with E-state index in [4.69, 9.17) is 5.11 Å². The third-order valence-electron chi connectivity index (χ3n) is 3.85. The minimum Gasteiger partial charge on any atom is -0.481 e. The fourth-order valence-corrected chi connectivity index (χ4v) is 2.46. The van der Waals surface area contributed by atoms with Gasteiger partial charge in [0.05, 0.1) is 0 Å². The molecule has 0 aromatic heterocycles. The zero-order valence-corrected chi connectivity index (χ0v) is 10.7. The molecule has 0 spiro atoms. The largest absolute Gasteiger partial charge is 0.481 e. The predicted octanol–water partition coefficient (Wildman–Crippen LogP) is 2.18. The fourth-order valence-electron chi connectivity index (χ4n) is 2.46. The van der Waals surface area contributed by atoms with Crippen LogP contribution in [0.25, 0.3) is 0 Å². The number of carbonyl (C=O) groups is 2. The van der Waals surface area contributed by atoms with Crippen molar-refractivity contribution in [1.29, 1.82) is 0 Å². The molecule has 0 radical (unpaired) electrons. The molecule has 98 valence electrons. The van der Waals surface area contributed by atoms with Gasteiger partial charge in [-0.2, -0.15) is 0 Å². The number of hydrogen-bond donors (Lipinski definition) is 2. The van der Waals surface area contributed by atoms with E-state index in [1.54, 1.807) is 0 Å². The summed E-state index contributed by atoms with van der Waals surface area (Å²) in [6.07, 6.45) is 4.29. The summed E-state index contributed by atoms with van der Waals surface area (Å²) in [7, 11) is 0. The molecule has 1 rings (SSSR count). The Balaban J connectivity index is 2.27. The van der Waals surface area contributed by atoms with E-state index < -0.39 is 5.97 Å². The highest BCUT2D eigenvalue weighted by Gasteiger charge is 2.27. The van der Waals surface area contributed by atoms with Gasteiger partial charge in [-0.25, -0.2) is 0 Å². The number of carbonyl (C=O) groups excluding carboxylic acids is 1. The van der Waals surface area contributed by atoms with E-state index >= 15 is 0 Å². The summed E-state index contributed by atoms with van der Waals surface area (Å²) in [5.74, 6) is 0.343. The molecule has 2 N–H and O–H groups in total. The van der Waals surface area contributed by atoms with Crippen molar-refractivity contribution < 1.29 is 14.7 Å². The molecule has 0 aromatic rings. The van der Waals surface area contributed by atoms with Crippen LogP contribution in [-0.4, -0.2) is 23.0 Å². The summed E-state index contributed by atoms with van der Waals surface area (Å²) in [6, 6.07) is 0.274. The van der Waals surface area contributed by atoms with Crippen LogP contribution in [0.1, 0.15) is 52.4 Å². The SMILES string of the molecule is CC1CCCC(NC(=O)CCCC(=O)O)C1C. The molecule has 1 fully saturated rings. The van der Waals surface area contributed by atoms with Crippen molar-refractivity contribution in [3.05, 3.63) is 0 Å². The van der Waals surface area contributed by atoms with Gasteiger partial charge in [-0.3, -0.25) is 9.59 Å². The van der Waals surface area contributed by atoms with Crippen LogP contribution in [0.3, 0.4) is 0 Å². The van der Waals surface area contributed by atoms with Crippen LogP contribution in [0.4, 0.5) is 0 Å². The first-order chi connectivity index (χ1) is 8.00. The Morgan fingerprint density at radius 2 is 1.94 bits per heavy atom. The first kappa shape index (κ1) is 14.0. The zero-order valence-electron chi connectivity index (χ0n) is 10.7. The molecule has 0 aliphatic heterocycles. The maximum atomic E-state index is 11.6. The molecule has 0 heterocycles. The summed E-state index contributed by atoms with van der Waals surface area (Å²) in [5.41, 5.74) is 0. The number of amides is 1. The highest BCUT2D eigenvalue weighted by Crippen LogP contribution is 2.29. The number of carboxylic acids is 1. The minimum atomic E-state index is -0.836. The molecule has 3 unspecified atom stereocenters. The van der Waals surface area contributed by atoms with E-state index in [0.717, 1.165) is 6.42 Å². The van der Waals surface area contributed by atoms with Gasteiger partial charge in [0.15, 0.2) is 0 Å². The van der Waals surface area contributed by atoms with Gasteiger partial charge in [0.2, 0.25) is 5.91 Å². The smallest absolute Gasteiger partial charge is 0.303 e. The molecule has 1 saturated carbocycles. The Morgan fingerprint density at radius 1 is 1.24 bits per heavy atom. The van der Waals surface area contributed by atoms with E-state index in [1.807, 2.05) is 0 Å². The Labute approximate surface area is 103 Å². The molecular formula is C13H23NO3. The molecular weight excluding hydrogens is 218 g/mol. The second-order valence-corrected chi connectivity index (χ2v) is 5.19. The summed E-state index contributed by atoms with van der Waals surface area (Å²) in [6.45, 7) is 4.42. The average molecular weight is 241 g/mol. The first-order valence-corrected chi connectivity index (χ1v) is 6.52. The topological polar surface area (TPSA) is 66.4 Å². The number of rotatable bonds is 5. The zero-order chi connectivity index (χ0) is 12.8. The lowest BCUT2D eigenvalue weighted by Crippen LogP contribution is -2.43. The van der Waals surface area contributed by atoms with Crippen LogP contribution < -0.4 is 5.32 Å². The van der Waals surface area contributed by atoms with Crippen molar-refractivity contribution in [3.63, 3.8) is 0 Å². The summed E-state index contributed by atoms with van der Waals surface area (Å²) in [4.78, 5) is 22.0. The average Bonchev–Trinajstić information content (AvgIpc) is 2.24. The highest BCUT2D eigenvalue weighted by molar-refractivity contribution is 5.77. The highest BCUT2D eigenvalue weighted by atomic mass is 16.4. The molecule has 4 nitrogen and oxygen atoms in total. The fraction of sp³-hybridized carbons (Fsp3) is 0.846. The van der Waals surface area contributed by atoms with E-state index in [9.17, 15) is 9.59 Å². The molecule has 1 amide bonds. The molecule has 3 atom stereocenters. The molecule has 4 heteroatoms. The molecule has 0 saturated heterocycles. The van der Waals surface area contributed by atoms with Gasteiger partial charge in [-0.1, -0.05) is 26.7 Å². The molecule has 0 aromatic carbocycles. The number of aliphatic carboxylic acids is 1.